The van der Waals surface area contributed by atoms with Crippen molar-refractivity contribution in [3.05, 3.63) is 0 Å². The second kappa shape index (κ2) is 6.35. The van der Waals surface area contributed by atoms with Crippen LogP contribution in [0.15, 0.2) is 0 Å². The second-order valence-corrected chi connectivity index (χ2v) is 3.69. The molecular weight excluding hydrogens is 164 g/mol. The maximum atomic E-state index is 5.61. The maximum absolute atomic E-state index is 5.61. The summed E-state index contributed by atoms with van der Waals surface area (Å²) in [5.41, 5.74) is 5.38. The fourth-order valence-corrected chi connectivity index (χ4v) is 1.96. The summed E-state index contributed by atoms with van der Waals surface area (Å²) in [4.78, 5) is 0. The fraction of sp³-hybridized carbons (Fsp3) is 1.00. The summed E-state index contributed by atoms with van der Waals surface area (Å²) in [6.07, 6.45) is 5.36. The summed E-state index contributed by atoms with van der Waals surface area (Å²) < 4.78 is 5.61. The SMILES string of the molecule is CCNC1CCC(OCCN)CC1. The van der Waals surface area contributed by atoms with Crippen LogP contribution < -0.4 is 11.1 Å². The van der Waals surface area contributed by atoms with Crippen molar-refractivity contribution in [2.45, 2.75) is 44.8 Å². The molecule has 0 bridgehead atoms. The second-order valence-electron chi connectivity index (χ2n) is 3.69. The van der Waals surface area contributed by atoms with E-state index in [-0.39, 0.29) is 0 Å². The number of ether oxygens (including phenoxy) is 1. The van der Waals surface area contributed by atoms with Gasteiger partial charge in [-0.2, -0.15) is 0 Å². The molecule has 0 heterocycles. The van der Waals surface area contributed by atoms with Gasteiger partial charge < -0.3 is 15.8 Å². The van der Waals surface area contributed by atoms with Crippen molar-refractivity contribution in [3.8, 4) is 0 Å². The van der Waals surface area contributed by atoms with Crippen LogP contribution in [0, 0.1) is 0 Å². The van der Waals surface area contributed by atoms with Gasteiger partial charge in [-0.05, 0) is 32.2 Å². The largest absolute Gasteiger partial charge is 0.377 e. The molecule has 0 aromatic heterocycles. The fourth-order valence-electron chi connectivity index (χ4n) is 1.96. The third-order valence-electron chi connectivity index (χ3n) is 2.64. The average Bonchev–Trinajstić information content (AvgIpc) is 2.17. The van der Waals surface area contributed by atoms with Gasteiger partial charge in [0.05, 0.1) is 12.7 Å². The highest BCUT2D eigenvalue weighted by Gasteiger charge is 2.20. The number of nitrogens with two attached hydrogens (primary N) is 1. The summed E-state index contributed by atoms with van der Waals surface area (Å²) in [6, 6.07) is 0.725. The molecule has 1 aliphatic rings. The standard InChI is InChI=1S/C10H22N2O/c1-2-12-9-3-5-10(6-4-9)13-8-7-11/h9-10,12H,2-8,11H2,1H3. The Hall–Kier alpha value is -0.120. The van der Waals surface area contributed by atoms with Gasteiger partial charge in [-0.1, -0.05) is 6.92 Å². The van der Waals surface area contributed by atoms with E-state index in [0.29, 0.717) is 12.6 Å². The minimum absolute atomic E-state index is 0.471. The van der Waals surface area contributed by atoms with Crippen molar-refractivity contribution in [1.29, 1.82) is 0 Å². The Morgan fingerprint density at radius 1 is 1.31 bits per heavy atom. The zero-order valence-corrected chi connectivity index (χ0v) is 8.59. The molecule has 3 N–H and O–H groups in total. The Labute approximate surface area is 81.0 Å². The highest BCUT2D eigenvalue weighted by atomic mass is 16.5. The molecule has 1 fully saturated rings. The molecule has 3 heteroatoms. The molecule has 0 unspecified atom stereocenters. The zero-order chi connectivity index (χ0) is 9.52. The van der Waals surface area contributed by atoms with Crippen LogP contribution in [0.1, 0.15) is 32.6 Å². The highest BCUT2D eigenvalue weighted by Crippen LogP contribution is 2.20. The molecule has 78 valence electrons. The van der Waals surface area contributed by atoms with E-state index in [1.54, 1.807) is 0 Å². The molecule has 0 radical (unpaired) electrons. The van der Waals surface area contributed by atoms with Crippen LogP contribution in [0.25, 0.3) is 0 Å². The summed E-state index contributed by atoms with van der Waals surface area (Å²) in [5.74, 6) is 0. The smallest absolute Gasteiger partial charge is 0.0592 e. The number of hydrogen-bond donors (Lipinski definition) is 2. The van der Waals surface area contributed by atoms with Crippen molar-refractivity contribution >= 4 is 0 Å². The third-order valence-corrected chi connectivity index (χ3v) is 2.64. The van der Waals surface area contributed by atoms with Gasteiger partial charge in [0, 0.05) is 12.6 Å². The number of rotatable bonds is 5. The molecule has 1 aliphatic carbocycles. The van der Waals surface area contributed by atoms with Crippen molar-refractivity contribution in [2.24, 2.45) is 5.73 Å². The van der Waals surface area contributed by atoms with Gasteiger partial charge in [-0.3, -0.25) is 0 Å². The molecule has 0 amide bonds. The molecular formula is C10H22N2O. The van der Waals surface area contributed by atoms with E-state index >= 15 is 0 Å². The lowest BCUT2D eigenvalue weighted by molar-refractivity contribution is 0.0272. The first-order valence-electron chi connectivity index (χ1n) is 5.41. The Kier molecular flexibility index (Phi) is 5.35. The lowest BCUT2D eigenvalue weighted by Crippen LogP contribution is -2.35. The molecule has 0 aromatic carbocycles. The van der Waals surface area contributed by atoms with Gasteiger partial charge in [0.25, 0.3) is 0 Å². The predicted octanol–water partition coefficient (Wildman–Crippen LogP) is 0.882. The van der Waals surface area contributed by atoms with E-state index in [9.17, 15) is 0 Å². The molecule has 1 saturated carbocycles. The van der Waals surface area contributed by atoms with Crippen LogP contribution in [0.4, 0.5) is 0 Å². The number of nitrogens with one attached hydrogen (secondary N) is 1. The van der Waals surface area contributed by atoms with E-state index in [0.717, 1.165) is 19.2 Å². The van der Waals surface area contributed by atoms with Crippen LogP contribution >= 0.6 is 0 Å². The van der Waals surface area contributed by atoms with Crippen LogP contribution in [0.5, 0.6) is 0 Å². The van der Waals surface area contributed by atoms with Gasteiger partial charge in [0.15, 0.2) is 0 Å². The monoisotopic (exact) mass is 186 g/mol. The Balaban J connectivity index is 2.08. The quantitative estimate of drug-likeness (QED) is 0.670. The third kappa shape index (κ3) is 4.07. The summed E-state index contributed by atoms with van der Waals surface area (Å²) in [6.45, 7) is 4.61. The number of hydrogen-bond acceptors (Lipinski definition) is 3. The predicted molar refractivity (Wildman–Crippen MR) is 54.7 cm³/mol. The van der Waals surface area contributed by atoms with E-state index in [1.807, 2.05) is 0 Å². The first kappa shape index (κ1) is 11.0. The van der Waals surface area contributed by atoms with E-state index in [1.165, 1.54) is 25.7 Å². The summed E-state index contributed by atoms with van der Waals surface area (Å²) >= 11 is 0. The first-order chi connectivity index (χ1) is 6.36. The van der Waals surface area contributed by atoms with Crippen molar-refractivity contribution in [3.63, 3.8) is 0 Å². The van der Waals surface area contributed by atoms with E-state index in [2.05, 4.69) is 12.2 Å². The molecule has 0 saturated heterocycles. The first-order valence-corrected chi connectivity index (χ1v) is 5.41. The van der Waals surface area contributed by atoms with Crippen molar-refractivity contribution in [1.82, 2.24) is 5.32 Å². The summed E-state index contributed by atoms with van der Waals surface area (Å²) in [7, 11) is 0. The highest BCUT2D eigenvalue weighted by molar-refractivity contribution is 4.76. The molecule has 0 spiro atoms. The normalized spacial score (nSPS) is 29.1. The van der Waals surface area contributed by atoms with Crippen LogP contribution in [-0.4, -0.2) is 31.8 Å². The Bertz CT molecular complexity index is 122. The molecule has 0 aliphatic heterocycles. The van der Waals surface area contributed by atoms with Crippen LogP contribution in [0.2, 0.25) is 0 Å². The van der Waals surface area contributed by atoms with Crippen molar-refractivity contribution < 1.29 is 4.74 Å². The van der Waals surface area contributed by atoms with Gasteiger partial charge in [0.2, 0.25) is 0 Å². The van der Waals surface area contributed by atoms with Gasteiger partial charge in [-0.15, -0.1) is 0 Å². The topological polar surface area (TPSA) is 47.3 Å². The minimum Gasteiger partial charge on any atom is -0.377 e. The average molecular weight is 186 g/mol. The zero-order valence-electron chi connectivity index (χ0n) is 8.59. The molecule has 0 atom stereocenters. The maximum Gasteiger partial charge on any atom is 0.0592 e. The van der Waals surface area contributed by atoms with E-state index in [4.69, 9.17) is 10.5 Å². The van der Waals surface area contributed by atoms with E-state index < -0.39 is 0 Å². The van der Waals surface area contributed by atoms with Gasteiger partial charge in [-0.25, -0.2) is 0 Å². The van der Waals surface area contributed by atoms with Crippen LogP contribution in [0.3, 0.4) is 0 Å². The molecule has 13 heavy (non-hydrogen) atoms. The Morgan fingerprint density at radius 3 is 2.54 bits per heavy atom. The molecule has 1 rings (SSSR count). The Morgan fingerprint density at radius 2 is 2.00 bits per heavy atom. The molecule has 3 nitrogen and oxygen atoms in total. The molecule has 0 aromatic rings. The summed E-state index contributed by atoms with van der Waals surface area (Å²) in [5, 5.41) is 3.48. The van der Waals surface area contributed by atoms with Crippen LogP contribution in [-0.2, 0) is 4.74 Å². The van der Waals surface area contributed by atoms with Gasteiger partial charge in [0.1, 0.15) is 0 Å². The van der Waals surface area contributed by atoms with Crippen molar-refractivity contribution in [2.75, 3.05) is 19.7 Å². The van der Waals surface area contributed by atoms with Gasteiger partial charge >= 0.3 is 0 Å². The lowest BCUT2D eigenvalue weighted by Gasteiger charge is -2.28. The minimum atomic E-state index is 0.471. The lowest BCUT2D eigenvalue weighted by atomic mass is 9.93.